The second kappa shape index (κ2) is 6.49. The van der Waals surface area contributed by atoms with Gasteiger partial charge in [-0.1, -0.05) is 39.8 Å². The van der Waals surface area contributed by atoms with Gasteiger partial charge in [-0.2, -0.15) is 0 Å². The summed E-state index contributed by atoms with van der Waals surface area (Å²) in [5, 5.41) is 2.21. The van der Waals surface area contributed by atoms with Gasteiger partial charge in [0.05, 0.1) is 5.56 Å². The molecule has 3 nitrogen and oxygen atoms in total. The highest BCUT2D eigenvalue weighted by Crippen LogP contribution is 2.36. The third-order valence-electron chi connectivity index (χ3n) is 5.41. The average molecular weight is 359 g/mol. The van der Waals surface area contributed by atoms with E-state index in [4.69, 9.17) is 9.40 Å². The van der Waals surface area contributed by atoms with Crippen LogP contribution in [0.25, 0.3) is 33.3 Å². The Morgan fingerprint density at radius 2 is 1.63 bits per heavy atom. The zero-order chi connectivity index (χ0) is 19.3. The molecule has 0 atom stereocenters. The van der Waals surface area contributed by atoms with Crippen LogP contribution < -0.4 is 4.57 Å². The Kier molecular flexibility index (Phi) is 4.26. The molecule has 4 rings (SSSR count). The summed E-state index contributed by atoms with van der Waals surface area (Å²) in [6.07, 6.45) is 2.22. The summed E-state index contributed by atoms with van der Waals surface area (Å²) in [5.41, 5.74) is 7.56. The van der Waals surface area contributed by atoms with Crippen LogP contribution in [0.2, 0.25) is 0 Å². The number of rotatable bonds is 3. The summed E-state index contributed by atoms with van der Waals surface area (Å²) in [6, 6.07) is 13.0. The lowest BCUT2D eigenvalue weighted by atomic mass is 9.99. The monoisotopic (exact) mass is 359 g/mol. The van der Waals surface area contributed by atoms with Crippen LogP contribution in [0.3, 0.4) is 0 Å². The molecule has 4 aromatic rings. The molecule has 0 radical (unpaired) electrons. The van der Waals surface area contributed by atoms with Gasteiger partial charge in [-0.05, 0) is 42.5 Å². The highest BCUT2D eigenvalue weighted by atomic mass is 16.3. The van der Waals surface area contributed by atoms with Gasteiger partial charge >= 0.3 is 0 Å². The minimum absolute atomic E-state index is 0.380. The van der Waals surface area contributed by atoms with E-state index in [2.05, 4.69) is 88.8 Å². The Labute approximate surface area is 160 Å². The van der Waals surface area contributed by atoms with E-state index in [0.717, 1.165) is 39.0 Å². The van der Waals surface area contributed by atoms with Crippen molar-refractivity contribution < 1.29 is 8.98 Å². The van der Waals surface area contributed by atoms with E-state index in [0.29, 0.717) is 11.8 Å². The molecule has 3 aromatic heterocycles. The van der Waals surface area contributed by atoms with Gasteiger partial charge in [0, 0.05) is 28.1 Å². The number of hydrogen-bond donors (Lipinski definition) is 0. The summed E-state index contributed by atoms with van der Waals surface area (Å²) in [6.45, 7) is 10.9. The molecular formula is C24H27N2O+. The van der Waals surface area contributed by atoms with Gasteiger partial charge in [0.2, 0.25) is 11.4 Å². The lowest BCUT2D eigenvalue weighted by Crippen LogP contribution is -2.31. The maximum atomic E-state index is 6.32. The van der Waals surface area contributed by atoms with E-state index in [1.165, 1.54) is 11.1 Å². The SMILES string of the molecule is Cc1ccc2c(oc3nc(C(C)C)ccc32)c1-c1ccc(C(C)C)c[n+]1C. The molecule has 3 heteroatoms. The van der Waals surface area contributed by atoms with Crippen molar-refractivity contribution in [2.75, 3.05) is 0 Å². The van der Waals surface area contributed by atoms with Crippen LogP contribution >= 0.6 is 0 Å². The van der Waals surface area contributed by atoms with Gasteiger partial charge in [0.1, 0.15) is 7.05 Å². The first kappa shape index (κ1) is 17.7. The number of pyridine rings is 2. The van der Waals surface area contributed by atoms with Crippen molar-refractivity contribution in [1.29, 1.82) is 0 Å². The molecule has 1 aromatic carbocycles. The number of aromatic nitrogens is 2. The predicted octanol–water partition coefficient (Wildman–Crippen LogP) is 6.03. The largest absolute Gasteiger partial charge is 0.437 e. The maximum Gasteiger partial charge on any atom is 0.227 e. The molecule has 0 saturated carbocycles. The van der Waals surface area contributed by atoms with Crippen LogP contribution in [0, 0.1) is 6.92 Å². The van der Waals surface area contributed by atoms with Crippen molar-refractivity contribution in [3.8, 4) is 11.3 Å². The smallest absolute Gasteiger partial charge is 0.227 e. The molecule has 0 aliphatic rings. The molecule has 0 aliphatic carbocycles. The molecule has 3 heterocycles. The minimum Gasteiger partial charge on any atom is -0.437 e. The Balaban J connectivity index is 2.00. The third-order valence-corrected chi connectivity index (χ3v) is 5.41. The van der Waals surface area contributed by atoms with Crippen LogP contribution in [-0.4, -0.2) is 4.98 Å². The van der Waals surface area contributed by atoms with E-state index in [1.54, 1.807) is 0 Å². The maximum absolute atomic E-state index is 6.32. The van der Waals surface area contributed by atoms with Gasteiger partial charge in [-0.3, -0.25) is 0 Å². The van der Waals surface area contributed by atoms with Crippen molar-refractivity contribution >= 4 is 22.1 Å². The highest BCUT2D eigenvalue weighted by Gasteiger charge is 2.21. The molecule has 0 amide bonds. The second-order valence-corrected chi connectivity index (χ2v) is 8.09. The molecule has 0 unspecified atom stereocenters. The highest BCUT2D eigenvalue weighted by molar-refractivity contribution is 6.08. The van der Waals surface area contributed by atoms with E-state index < -0.39 is 0 Å². The zero-order valence-corrected chi connectivity index (χ0v) is 17.0. The summed E-state index contributed by atoms with van der Waals surface area (Å²) in [4.78, 5) is 4.76. The first-order valence-corrected chi connectivity index (χ1v) is 9.69. The number of hydrogen-bond acceptors (Lipinski definition) is 2. The molecule has 0 aliphatic heterocycles. The molecular weight excluding hydrogens is 332 g/mol. The number of fused-ring (bicyclic) bond motifs is 3. The lowest BCUT2D eigenvalue weighted by Gasteiger charge is -2.08. The van der Waals surface area contributed by atoms with Gasteiger partial charge in [-0.15, -0.1) is 0 Å². The van der Waals surface area contributed by atoms with Crippen LogP contribution in [0.4, 0.5) is 0 Å². The Hall–Kier alpha value is -2.68. The quantitative estimate of drug-likeness (QED) is 0.418. The summed E-state index contributed by atoms with van der Waals surface area (Å²) in [7, 11) is 2.11. The number of furan rings is 1. The molecule has 27 heavy (non-hydrogen) atoms. The Bertz CT molecular complexity index is 1150. The fraction of sp³-hybridized carbons (Fsp3) is 0.333. The average Bonchev–Trinajstić information content (AvgIpc) is 2.99. The van der Waals surface area contributed by atoms with Crippen LogP contribution in [0.5, 0.6) is 0 Å². The molecule has 0 bridgehead atoms. The molecule has 138 valence electrons. The fourth-order valence-electron chi connectivity index (χ4n) is 3.70. The van der Waals surface area contributed by atoms with Crippen LogP contribution in [0.1, 0.15) is 56.4 Å². The molecule has 0 saturated heterocycles. The summed E-state index contributed by atoms with van der Waals surface area (Å²) >= 11 is 0. The summed E-state index contributed by atoms with van der Waals surface area (Å²) in [5.74, 6) is 0.886. The predicted molar refractivity (Wildman–Crippen MR) is 111 cm³/mol. The normalized spacial score (nSPS) is 12.0. The van der Waals surface area contributed by atoms with E-state index >= 15 is 0 Å². The van der Waals surface area contributed by atoms with E-state index in [1.807, 2.05) is 0 Å². The van der Waals surface area contributed by atoms with Gasteiger partial charge in [-0.25, -0.2) is 9.55 Å². The van der Waals surface area contributed by atoms with Crippen molar-refractivity contribution in [2.24, 2.45) is 7.05 Å². The zero-order valence-electron chi connectivity index (χ0n) is 17.0. The van der Waals surface area contributed by atoms with Gasteiger partial charge < -0.3 is 4.42 Å². The Morgan fingerprint density at radius 1 is 0.889 bits per heavy atom. The van der Waals surface area contributed by atoms with Crippen LogP contribution in [0.15, 0.2) is 47.0 Å². The summed E-state index contributed by atoms with van der Waals surface area (Å²) < 4.78 is 8.52. The molecule has 0 N–H and O–H groups in total. The topological polar surface area (TPSA) is 29.9 Å². The van der Waals surface area contributed by atoms with Crippen LogP contribution in [-0.2, 0) is 7.05 Å². The van der Waals surface area contributed by atoms with E-state index in [-0.39, 0.29) is 0 Å². The number of nitrogens with zero attached hydrogens (tertiary/aromatic N) is 2. The number of benzene rings is 1. The van der Waals surface area contributed by atoms with Crippen molar-refractivity contribution in [1.82, 2.24) is 4.98 Å². The first-order valence-electron chi connectivity index (χ1n) is 9.69. The van der Waals surface area contributed by atoms with E-state index in [9.17, 15) is 0 Å². The van der Waals surface area contributed by atoms with Gasteiger partial charge in [0.15, 0.2) is 11.8 Å². The second-order valence-electron chi connectivity index (χ2n) is 8.09. The van der Waals surface area contributed by atoms with Gasteiger partial charge in [0.25, 0.3) is 0 Å². The number of aryl methyl sites for hydroxylation is 2. The van der Waals surface area contributed by atoms with Crippen molar-refractivity contribution in [3.63, 3.8) is 0 Å². The first-order chi connectivity index (χ1) is 12.9. The third kappa shape index (κ3) is 2.91. The van der Waals surface area contributed by atoms with Crippen molar-refractivity contribution in [3.05, 3.63) is 59.4 Å². The minimum atomic E-state index is 0.380. The molecule has 0 spiro atoms. The lowest BCUT2D eigenvalue weighted by molar-refractivity contribution is -0.660. The molecule has 0 fully saturated rings. The van der Waals surface area contributed by atoms with Crippen molar-refractivity contribution in [2.45, 2.75) is 46.5 Å². The standard InChI is InChI=1S/C24H27N2O/c1-14(2)17-8-12-21(26(6)13-17)22-16(5)7-9-18-19-10-11-20(15(3)4)25-24(19)27-23(18)22/h7-15H,1-6H3/q+1. The fourth-order valence-corrected chi connectivity index (χ4v) is 3.70. The Morgan fingerprint density at radius 3 is 2.30 bits per heavy atom.